The van der Waals surface area contributed by atoms with Crippen molar-refractivity contribution in [1.82, 2.24) is 15.1 Å². The quantitative estimate of drug-likeness (QED) is 0.858. The largest absolute Gasteiger partial charge is 0.310 e. The molecule has 1 heterocycles. The molecule has 3 nitrogen and oxygen atoms in total. The molecule has 0 bridgehead atoms. The second-order valence-electron chi connectivity index (χ2n) is 4.96. The fourth-order valence-electron chi connectivity index (χ4n) is 2.43. The first-order chi connectivity index (χ1) is 9.93. The molecule has 0 saturated heterocycles. The van der Waals surface area contributed by atoms with Gasteiger partial charge >= 0.3 is 0 Å². The Bertz CT molecular complexity index is 637. The Morgan fingerprint density at radius 2 is 2.00 bits per heavy atom. The van der Waals surface area contributed by atoms with E-state index in [2.05, 4.69) is 17.3 Å². The summed E-state index contributed by atoms with van der Waals surface area (Å²) in [6, 6.07) is 5.64. The number of hydrogen-bond acceptors (Lipinski definition) is 2. The highest BCUT2D eigenvalue weighted by Crippen LogP contribution is 2.31. The van der Waals surface area contributed by atoms with Crippen molar-refractivity contribution in [3.8, 4) is 0 Å². The van der Waals surface area contributed by atoms with Gasteiger partial charge in [-0.25, -0.2) is 0 Å². The first-order valence-electron chi connectivity index (χ1n) is 6.80. The Balaban J connectivity index is 2.35. The van der Waals surface area contributed by atoms with Gasteiger partial charge < -0.3 is 5.32 Å². The number of nitrogens with zero attached hydrogens (tertiary/aromatic N) is 2. The summed E-state index contributed by atoms with van der Waals surface area (Å²) < 4.78 is 1.69. The molecule has 0 saturated carbocycles. The van der Waals surface area contributed by atoms with Crippen LogP contribution < -0.4 is 5.32 Å². The summed E-state index contributed by atoms with van der Waals surface area (Å²) in [6.07, 6.45) is 0.730. The van der Waals surface area contributed by atoms with Gasteiger partial charge in [-0.05, 0) is 37.6 Å². The Labute approximate surface area is 140 Å². The number of aryl methyl sites for hydroxylation is 2. The van der Waals surface area contributed by atoms with Crippen LogP contribution in [0.15, 0.2) is 18.2 Å². The highest BCUT2D eigenvalue weighted by molar-refractivity contribution is 6.35. The van der Waals surface area contributed by atoms with Crippen molar-refractivity contribution in [2.45, 2.75) is 26.3 Å². The lowest BCUT2D eigenvalue weighted by atomic mass is 9.99. The molecule has 1 unspecified atom stereocenters. The number of benzene rings is 1. The van der Waals surface area contributed by atoms with Crippen LogP contribution in [0.4, 0.5) is 0 Å². The molecule has 1 aromatic carbocycles. The molecule has 21 heavy (non-hydrogen) atoms. The molecule has 0 amide bonds. The zero-order valence-corrected chi connectivity index (χ0v) is 14.5. The van der Waals surface area contributed by atoms with Gasteiger partial charge in [0.05, 0.1) is 5.69 Å². The normalized spacial score (nSPS) is 12.7. The van der Waals surface area contributed by atoms with Crippen molar-refractivity contribution < 1.29 is 0 Å². The molecule has 0 aliphatic rings. The van der Waals surface area contributed by atoms with Crippen LogP contribution in [0.25, 0.3) is 0 Å². The van der Waals surface area contributed by atoms with E-state index >= 15 is 0 Å². The van der Waals surface area contributed by atoms with E-state index in [4.69, 9.17) is 34.8 Å². The van der Waals surface area contributed by atoms with Crippen molar-refractivity contribution in [2.24, 2.45) is 7.05 Å². The van der Waals surface area contributed by atoms with Gasteiger partial charge in [0, 0.05) is 28.7 Å². The van der Waals surface area contributed by atoms with Gasteiger partial charge in [-0.3, -0.25) is 4.68 Å². The average molecular weight is 347 g/mol. The average Bonchev–Trinajstić information content (AvgIpc) is 2.65. The van der Waals surface area contributed by atoms with Crippen molar-refractivity contribution in [1.29, 1.82) is 0 Å². The maximum Gasteiger partial charge on any atom is 0.130 e. The molecule has 1 aromatic heterocycles. The second kappa shape index (κ2) is 7.01. The van der Waals surface area contributed by atoms with Crippen LogP contribution in [-0.2, 0) is 13.5 Å². The molecule has 1 atom stereocenters. The summed E-state index contributed by atoms with van der Waals surface area (Å²) in [5, 5.41) is 9.76. The SMILES string of the molecule is CCNC(Cc1c(C)nn(C)c1Cl)c1ccc(Cl)cc1Cl. The molecule has 2 aromatic rings. The van der Waals surface area contributed by atoms with Gasteiger partial charge in [-0.1, -0.05) is 47.8 Å². The predicted octanol–water partition coefficient (Wildman–Crippen LogP) is 4.58. The summed E-state index contributed by atoms with van der Waals surface area (Å²) in [5.41, 5.74) is 2.99. The third kappa shape index (κ3) is 3.72. The van der Waals surface area contributed by atoms with Crippen molar-refractivity contribution in [2.75, 3.05) is 6.54 Å². The van der Waals surface area contributed by atoms with Crippen LogP contribution in [0, 0.1) is 6.92 Å². The molecule has 0 fully saturated rings. The minimum atomic E-state index is 0.0696. The van der Waals surface area contributed by atoms with Gasteiger partial charge in [0.2, 0.25) is 0 Å². The van der Waals surface area contributed by atoms with E-state index in [1.165, 1.54) is 0 Å². The summed E-state index contributed by atoms with van der Waals surface area (Å²) >= 11 is 18.6. The van der Waals surface area contributed by atoms with Crippen LogP contribution >= 0.6 is 34.8 Å². The fraction of sp³-hybridized carbons (Fsp3) is 0.400. The van der Waals surface area contributed by atoms with Crippen LogP contribution in [0.2, 0.25) is 15.2 Å². The predicted molar refractivity (Wildman–Crippen MR) is 89.5 cm³/mol. The Hall–Kier alpha value is -0.740. The highest BCUT2D eigenvalue weighted by atomic mass is 35.5. The zero-order valence-electron chi connectivity index (χ0n) is 12.3. The van der Waals surface area contributed by atoms with E-state index in [1.54, 1.807) is 10.7 Å². The number of rotatable bonds is 5. The standard InChI is InChI=1S/C15H18Cl3N3/c1-4-19-14(11-6-5-10(16)7-13(11)17)8-12-9(2)20-21(3)15(12)18/h5-7,14,19H,4,8H2,1-3H3. The molecular weight excluding hydrogens is 329 g/mol. The Morgan fingerprint density at radius 1 is 1.29 bits per heavy atom. The number of likely N-dealkylation sites (N-methyl/N-ethyl adjacent to an activating group) is 1. The van der Waals surface area contributed by atoms with Crippen LogP contribution in [0.3, 0.4) is 0 Å². The molecule has 0 radical (unpaired) electrons. The number of nitrogens with one attached hydrogen (secondary N) is 1. The second-order valence-corrected chi connectivity index (χ2v) is 6.16. The molecule has 0 aliphatic heterocycles. The summed E-state index contributed by atoms with van der Waals surface area (Å²) in [4.78, 5) is 0. The smallest absolute Gasteiger partial charge is 0.130 e. The van der Waals surface area contributed by atoms with Crippen LogP contribution in [0.1, 0.15) is 29.8 Å². The molecule has 6 heteroatoms. The number of aromatic nitrogens is 2. The highest BCUT2D eigenvalue weighted by Gasteiger charge is 2.20. The van der Waals surface area contributed by atoms with E-state index < -0.39 is 0 Å². The lowest BCUT2D eigenvalue weighted by Crippen LogP contribution is -2.23. The molecule has 0 spiro atoms. The lowest BCUT2D eigenvalue weighted by molar-refractivity contribution is 0.549. The first kappa shape index (κ1) is 16.6. The molecule has 0 aliphatic carbocycles. The summed E-state index contributed by atoms with van der Waals surface area (Å²) in [7, 11) is 1.84. The van der Waals surface area contributed by atoms with E-state index in [1.807, 2.05) is 26.1 Å². The summed E-state index contributed by atoms with van der Waals surface area (Å²) in [6.45, 7) is 4.86. The van der Waals surface area contributed by atoms with Gasteiger partial charge in [-0.15, -0.1) is 0 Å². The van der Waals surface area contributed by atoms with Gasteiger partial charge in [0.25, 0.3) is 0 Å². The van der Waals surface area contributed by atoms with Gasteiger partial charge in [0.1, 0.15) is 5.15 Å². The van der Waals surface area contributed by atoms with Crippen molar-refractivity contribution >= 4 is 34.8 Å². The molecule has 2 rings (SSSR count). The summed E-state index contributed by atoms with van der Waals surface area (Å²) in [5.74, 6) is 0. The topological polar surface area (TPSA) is 29.9 Å². The van der Waals surface area contributed by atoms with Crippen molar-refractivity contribution in [3.05, 3.63) is 50.2 Å². The van der Waals surface area contributed by atoms with Gasteiger partial charge in [0.15, 0.2) is 0 Å². The zero-order chi connectivity index (χ0) is 15.6. The molecule has 1 N–H and O–H groups in total. The van der Waals surface area contributed by atoms with E-state index in [-0.39, 0.29) is 6.04 Å². The Kier molecular flexibility index (Phi) is 5.55. The molecular formula is C15H18Cl3N3. The fourth-order valence-corrected chi connectivity index (χ4v) is 3.22. The van der Waals surface area contributed by atoms with Crippen LogP contribution in [0.5, 0.6) is 0 Å². The van der Waals surface area contributed by atoms with Gasteiger partial charge in [-0.2, -0.15) is 5.10 Å². The number of halogens is 3. The minimum Gasteiger partial charge on any atom is -0.310 e. The third-order valence-electron chi connectivity index (χ3n) is 3.47. The Morgan fingerprint density at radius 3 is 2.52 bits per heavy atom. The van der Waals surface area contributed by atoms with E-state index in [0.29, 0.717) is 15.2 Å². The van der Waals surface area contributed by atoms with E-state index in [0.717, 1.165) is 29.8 Å². The first-order valence-corrected chi connectivity index (χ1v) is 7.93. The maximum absolute atomic E-state index is 6.33. The van der Waals surface area contributed by atoms with E-state index in [9.17, 15) is 0 Å². The third-order valence-corrected chi connectivity index (χ3v) is 4.50. The minimum absolute atomic E-state index is 0.0696. The van der Waals surface area contributed by atoms with Crippen LogP contribution in [-0.4, -0.2) is 16.3 Å². The maximum atomic E-state index is 6.33. The molecule has 114 valence electrons. The monoisotopic (exact) mass is 345 g/mol. The van der Waals surface area contributed by atoms with Crippen molar-refractivity contribution in [3.63, 3.8) is 0 Å². The number of hydrogen-bond donors (Lipinski definition) is 1. The lowest BCUT2D eigenvalue weighted by Gasteiger charge is -2.20.